The molecular weight excluding hydrogens is 380 g/mol. The summed E-state index contributed by atoms with van der Waals surface area (Å²) in [7, 11) is 0. The van der Waals surface area contributed by atoms with E-state index in [-0.39, 0.29) is 56.4 Å². The normalized spacial score (nSPS) is 27.5. The molecule has 0 aliphatic carbocycles. The van der Waals surface area contributed by atoms with Crippen molar-refractivity contribution in [3.63, 3.8) is 0 Å². The number of amides is 3. The first-order valence-corrected chi connectivity index (χ1v) is 10.1. The summed E-state index contributed by atoms with van der Waals surface area (Å²) in [5.41, 5.74) is 1.12. The third-order valence-corrected chi connectivity index (χ3v) is 5.29. The van der Waals surface area contributed by atoms with Gasteiger partial charge in [-0.1, -0.05) is 5.16 Å². The van der Waals surface area contributed by atoms with Crippen LogP contribution in [0, 0.1) is 13.8 Å². The Morgan fingerprint density at radius 1 is 1.28 bits per heavy atom. The Morgan fingerprint density at radius 3 is 2.76 bits per heavy atom. The maximum Gasteiger partial charge on any atom is 0.322 e. The van der Waals surface area contributed by atoms with E-state index in [1.807, 2.05) is 6.92 Å². The van der Waals surface area contributed by atoms with E-state index in [4.69, 9.17) is 14.0 Å². The van der Waals surface area contributed by atoms with Crippen molar-refractivity contribution in [1.82, 2.24) is 15.4 Å². The van der Waals surface area contributed by atoms with E-state index in [1.54, 1.807) is 18.7 Å². The van der Waals surface area contributed by atoms with Crippen LogP contribution in [-0.2, 0) is 14.3 Å². The van der Waals surface area contributed by atoms with Crippen LogP contribution < -0.4 is 10.6 Å². The van der Waals surface area contributed by atoms with Gasteiger partial charge in [0.2, 0.25) is 5.91 Å². The number of urea groups is 1. The molecular formula is C19H30N4O6. The maximum absolute atomic E-state index is 13.1. The molecule has 2 aliphatic heterocycles. The van der Waals surface area contributed by atoms with E-state index < -0.39 is 6.10 Å². The van der Waals surface area contributed by atoms with Crippen LogP contribution in [0.25, 0.3) is 0 Å². The first kappa shape index (κ1) is 21.5. The molecule has 0 spiro atoms. The number of carbonyl (C=O) groups excluding carboxylic acids is 2. The van der Waals surface area contributed by atoms with Crippen LogP contribution in [0.3, 0.4) is 0 Å². The van der Waals surface area contributed by atoms with Crippen LogP contribution in [0.15, 0.2) is 4.52 Å². The molecule has 0 unspecified atom stereocenters. The van der Waals surface area contributed by atoms with E-state index in [0.717, 1.165) is 0 Å². The molecule has 0 radical (unpaired) electrons. The number of fused-ring (bicyclic) bond motifs is 1. The predicted molar refractivity (Wildman–Crippen MR) is 104 cm³/mol. The summed E-state index contributed by atoms with van der Waals surface area (Å²) in [6.07, 6.45) is 0.197. The SMILES string of the molecule is CCNC(=O)C[C@H]1CC[C@@H]2[C@H](COC[C@@H](O)CN2C(=O)Nc2c(C)noc2C)O1. The number of β-amino-alcohol motifs (C(OH)–C–C–N with tert-alkyl or cyclic N) is 1. The largest absolute Gasteiger partial charge is 0.389 e. The molecule has 3 heterocycles. The van der Waals surface area contributed by atoms with Crippen molar-refractivity contribution < 1.29 is 28.7 Å². The van der Waals surface area contributed by atoms with Gasteiger partial charge in [0.05, 0.1) is 44.4 Å². The minimum atomic E-state index is -0.792. The average molecular weight is 410 g/mol. The Balaban J connectivity index is 1.72. The Hall–Kier alpha value is -2.17. The number of rotatable bonds is 4. The summed E-state index contributed by atoms with van der Waals surface area (Å²) in [6.45, 7) is 6.42. The van der Waals surface area contributed by atoms with E-state index in [1.165, 1.54) is 0 Å². The Labute approximate surface area is 169 Å². The van der Waals surface area contributed by atoms with Crippen molar-refractivity contribution in [2.45, 2.75) is 64.4 Å². The number of ether oxygens (including phenoxy) is 2. The molecule has 4 atom stereocenters. The summed E-state index contributed by atoms with van der Waals surface area (Å²) in [5.74, 6) is 0.469. The number of anilines is 1. The predicted octanol–water partition coefficient (Wildman–Crippen LogP) is 0.959. The summed E-state index contributed by atoms with van der Waals surface area (Å²) >= 11 is 0. The summed E-state index contributed by atoms with van der Waals surface area (Å²) in [4.78, 5) is 26.6. The lowest BCUT2D eigenvalue weighted by Gasteiger charge is -2.44. The topological polar surface area (TPSA) is 126 Å². The zero-order valence-electron chi connectivity index (χ0n) is 17.1. The first-order chi connectivity index (χ1) is 13.9. The standard InChI is InChI=1S/C19H30N4O6/c1-4-20-17(25)7-14-5-6-15-16(28-14)10-27-9-13(24)8-23(15)19(26)21-18-11(2)22-29-12(18)3/h13-16,24H,4-10H2,1-3H3,(H,20,25)(H,21,26)/t13-,14+,15+,16-/m0/s1. The highest BCUT2D eigenvalue weighted by Gasteiger charge is 2.40. The lowest BCUT2D eigenvalue weighted by molar-refractivity contribution is -0.149. The number of nitrogens with one attached hydrogen (secondary N) is 2. The van der Waals surface area contributed by atoms with E-state index in [0.29, 0.717) is 36.5 Å². The van der Waals surface area contributed by atoms with Gasteiger partial charge in [-0.25, -0.2) is 4.79 Å². The van der Waals surface area contributed by atoms with Crippen molar-refractivity contribution in [3.05, 3.63) is 11.5 Å². The van der Waals surface area contributed by atoms with E-state index in [2.05, 4.69) is 15.8 Å². The zero-order chi connectivity index (χ0) is 21.0. The molecule has 10 nitrogen and oxygen atoms in total. The first-order valence-electron chi connectivity index (χ1n) is 10.1. The third kappa shape index (κ3) is 5.26. The molecule has 1 aromatic heterocycles. The molecule has 3 rings (SSSR count). The van der Waals surface area contributed by atoms with Crippen molar-refractivity contribution in [1.29, 1.82) is 0 Å². The number of aliphatic hydroxyl groups is 1. The highest BCUT2D eigenvalue weighted by Crippen LogP contribution is 2.29. The average Bonchev–Trinajstić information content (AvgIpc) is 2.97. The zero-order valence-corrected chi connectivity index (χ0v) is 17.1. The molecule has 2 fully saturated rings. The van der Waals surface area contributed by atoms with E-state index >= 15 is 0 Å². The quantitative estimate of drug-likeness (QED) is 0.675. The molecule has 10 heteroatoms. The molecule has 3 N–H and O–H groups in total. The fraction of sp³-hybridized carbons (Fsp3) is 0.737. The fourth-order valence-corrected chi connectivity index (χ4v) is 3.89. The van der Waals surface area contributed by atoms with Gasteiger partial charge in [0.15, 0.2) is 5.76 Å². The van der Waals surface area contributed by atoms with Gasteiger partial charge in [-0.15, -0.1) is 0 Å². The lowest BCUT2D eigenvalue weighted by atomic mass is 9.95. The number of aryl methyl sites for hydroxylation is 2. The van der Waals surface area contributed by atoms with E-state index in [9.17, 15) is 14.7 Å². The van der Waals surface area contributed by atoms with Gasteiger partial charge in [0, 0.05) is 6.54 Å². The number of nitrogens with zero attached hydrogens (tertiary/aromatic N) is 2. The second-order valence-electron chi connectivity index (χ2n) is 7.57. The number of aliphatic hydroxyl groups excluding tert-OH is 1. The van der Waals surface area contributed by atoms with Gasteiger partial charge < -0.3 is 34.6 Å². The second kappa shape index (κ2) is 9.55. The second-order valence-corrected chi connectivity index (χ2v) is 7.57. The Bertz CT molecular complexity index is 704. The smallest absolute Gasteiger partial charge is 0.322 e. The molecule has 0 bridgehead atoms. The number of hydrogen-bond donors (Lipinski definition) is 3. The maximum atomic E-state index is 13.1. The van der Waals surface area contributed by atoms with Crippen molar-refractivity contribution in [2.75, 3.05) is 31.6 Å². The summed E-state index contributed by atoms with van der Waals surface area (Å²) in [6, 6.07) is -0.614. The molecule has 2 saturated heterocycles. The van der Waals surface area contributed by atoms with Crippen LogP contribution in [0.1, 0.15) is 37.6 Å². The minimum Gasteiger partial charge on any atom is -0.389 e. The minimum absolute atomic E-state index is 0.0499. The molecule has 0 aromatic carbocycles. The van der Waals surface area contributed by atoms with Crippen molar-refractivity contribution >= 4 is 17.6 Å². The summed E-state index contributed by atoms with van der Waals surface area (Å²) in [5, 5.41) is 19.7. The Kier molecular flexibility index (Phi) is 7.09. The summed E-state index contributed by atoms with van der Waals surface area (Å²) < 4.78 is 16.8. The number of hydrogen-bond acceptors (Lipinski definition) is 7. The lowest BCUT2D eigenvalue weighted by Crippen LogP contribution is -2.58. The van der Waals surface area contributed by atoms with Crippen LogP contribution >= 0.6 is 0 Å². The van der Waals surface area contributed by atoms with Gasteiger partial charge in [0.25, 0.3) is 0 Å². The highest BCUT2D eigenvalue weighted by atomic mass is 16.5. The van der Waals surface area contributed by atoms with Gasteiger partial charge in [0.1, 0.15) is 17.5 Å². The van der Waals surface area contributed by atoms with Gasteiger partial charge in [-0.3, -0.25) is 4.79 Å². The molecule has 2 aliphatic rings. The van der Waals surface area contributed by atoms with Crippen molar-refractivity contribution in [3.8, 4) is 0 Å². The number of aromatic nitrogens is 1. The van der Waals surface area contributed by atoms with Crippen LogP contribution in [0.5, 0.6) is 0 Å². The highest BCUT2D eigenvalue weighted by molar-refractivity contribution is 5.90. The molecule has 3 amide bonds. The molecule has 162 valence electrons. The Morgan fingerprint density at radius 2 is 2.07 bits per heavy atom. The monoisotopic (exact) mass is 410 g/mol. The third-order valence-electron chi connectivity index (χ3n) is 5.29. The van der Waals surface area contributed by atoms with Crippen molar-refractivity contribution in [2.24, 2.45) is 0 Å². The van der Waals surface area contributed by atoms with Gasteiger partial charge >= 0.3 is 6.03 Å². The van der Waals surface area contributed by atoms with Gasteiger partial charge in [-0.05, 0) is 33.6 Å². The number of carbonyl (C=O) groups is 2. The van der Waals surface area contributed by atoms with Crippen LogP contribution in [0.4, 0.5) is 10.5 Å². The van der Waals surface area contributed by atoms with Gasteiger partial charge in [-0.2, -0.15) is 0 Å². The molecule has 1 aromatic rings. The molecule has 0 saturated carbocycles. The van der Waals surface area contributed by atoms with Crippen LogP contribution in [0.2, 0.25) is 0 Å². The molecule has 29 heavy (non-hydrogen) atoms. The van der Waals surface area contributed by atoms with Crippen LogP contribution in [-0.4, -0.2) is 77.8 Å². The fourth-order valence-electron chi connectivity index (χ4n) is 3.89.